The fourth-order valence-electron chi connectivity index (χ4n) is 2.18. The average Bonchev–Trinajstić information content (AvgIpc) is 3.03. The molecule has 0 saturated carbocycles. The van der Waals surface area contributed by atoms with Crippen molar-refractivity contribution in [2.75, 3.05) is 6.54 Å². The minimum Gasteiger partial charge on any atom is -0.334 e. The molecule has 0 aliphatic heterocycles. The molecule has 9 heteroatoms. The molecule has 1 aromatic carbocycles. The molecule has 1 aromatic heterocycles. The maximum Gasteiger partial charge on any atom is 0.416 e. The number of halogens is 6. The van der Waals surface area contributed by atoms with E-state index in [0.717, 1.165) is 4.88 Å². The number of hydrogen-bond acceptors (Lipinski definition) is 2. The summed E-state index contributed by atoms with van der Waals surface area (Å²) in [4.78, 5) is 14.4. The molecule has 0 spiro atoms. The highest BCUT2D eigenvalue weighted by molar-refractivity contribution is 7.09. The number of nitrogens with zero attached hydrogens (tertiary/aromatic N) is 1. The zero-order valence-electron chi connectivity index (χ0n) is 12.9. The third-order valence-corrected chi connectivity index (χ3v) is 4.29. The van der Waals surface area contributed by atoms with Crippen molar-refractivity contribution in [1.82, 2.24) is 4.90 Å². The normalized spacial score (nSPS) is 12.3. The van der Waals surface area contributed by atoms with Crippen molar-refractivity contribution in [1.29, 1.82) is 0 Å². The van der Waals surface area contributed by atoms with Gasteiger partial charge in [0.2, 0.25) is 0 Å². The number of thiophene rings is 1. The van der Waals surface area contributed by atoms with Gasteiger partial charge >= 0.3 is 12.4 Å². The predicted molar refractivity (Wildman–Crippen MR) is 81.2 cm³/mol. The van der Waals surface area contributed by atoms with Crippen molar-refractivity contribution in [2.24, 2.45) is 0 Å². The number of carbonyl (C=O) groups is 1. The molecule has 0 fully saturated rings. The summed E-state index contributed by atoms with van der Waals surface area (Å²) in [6.07, 6.45) is -9.97. The SMILES string of the molecule is CCN(Cc1cccs1)C(=O)c1cc(C(F)(F)F)cc(C(F)(F)F)c1. The van der Waals surface area contributed by atoms with Crippen LogP contribution in [0.25, 0.3) is 0 Å². The number of benzene rings is 1. The Bertz CT molecular complexity index is 704. The summed E-state index contributed by atoms with van der Waals surface area (Å²) < 4.78 is 77.4. The molecule has 25 heavy (non-hydrogen) atoms. The summed E-state index contributed by atoms with van der Waals surface area (Å²) >= 11 is 1.34. The predicted octanol–water partition coefficient (Wildman–Crippen LogP) is 5.45. The van der Waals surface area contributed by atoms with E-state index in [1.165, 1.54) is 16.2 Å². The molecule has 0 unspecified atom stereocenters. The van der Waals surface area contributed by atoms with E-state index in [1.807, 2.05) is 0 Å². The lowest BCUT2D eigenvalue weighted by Crippen LogP contribution is -2.30. The lowest BCUT2D eigenvalue weighted by molar-refractivity contribution is -0.143. The maximum atomic E-state index is 12.9. The van der Waals surface area contributed by atoms with E-state index in [0.29, 0.717) is 12.1 Å². The molecule has 0 atom stereocenters. The molecule has 0 aliphatic rings. The molecular weight excluding hydrogens is 368 g/mol. The van der Waals surface area contributed by atoms with E-state index in [9.17, 15) is 31.1 Å². The Morgan fingerprint density at radius 3 is 2.00 bits per heavy atom. The summed E-state index contributed by atoms with van der Waals surface area (Å²) in [6, 6.07) is 4.38. The van der Waals surface area contributed by atoms with Crippen LogP contribution in [0.2, 0.25) is 0 Å². The van der Waals surface area contributed by atoms with Crippen molar-refractivity contribution >= 4 is 17.2 Å². The van der Waals surface area contributed by atoms with Crippen LogP contribution in [0.4, 0.5) is 26.3 Å². The van der Waals surface area contributed by atoms with Crippen LogP contribution in [0.3, 0.4) is 0 Å². The fraction of sp³-hybridized carbons (Fsp3) is 0.312. The van der Waals surface area contributed by atoms with Crippen LogP contribution in [0.5, 0.6) is 0 Å². The molecule has 0 aliphatic carbocycles. The van der Waals surface area contributed by atoms with E-state index in [1.54, 1.807) is 24.4 Å². The van der Waals surface area contributed by atoms with E-state index in [4.69, 9.17) is 0 Å². The lowest BCUT2D eigenvalue weighted by atomic mass is 10.0. The zero-order valence-corrected chi connectivity index (χ0v) is 13.7. The summed E-state index contributed by atoms with van der Waals surface area (Å²) in [7, 11) is 0. The monoisotopic (exact) mass is 381 g/mol. The van der Waals surface area contributed by atoms with Crippen LogP contribution in [0.15, 0.2) is 35.7 Å². The van der Waals surface area contributed by atoms with Gasteiger partial charge in [0.1, 0.15) is 0 Å². The molecule has 1 amide bonds. The highest BCUT2D eigenvalue weighted by Gasteiger charge is 2.37. The highest BCUT2D eigenvalue weighted by Crippen LogP contribution is 2.36. The molecule has 1 heterocycles. The van der Waals surface area contributed by atoms with Gasteiger partial charge < -0.3 is 4.90 Å². The second-order valence-corrected chi connectivity index (χ2v) is 6.23. The third-order valence-electron chi connectivity index (χ3n) is 3.43. The molecule has 2 rings (SSSR count). The highest BCUT2D eigenvalue weighted by atomic mass is 32.1. The Morgan fingerprint density at radius 1 is 1.04 bits per heavy atom. The van der Waals surface area contributed by atoms with Gasteiger partial charge in [-0.25, -0.2) is 0 Å². The van der Waals surface area contributed by atoms with Gasteiger partial charge in [0.05, 0.1) is 17.7 Å². The van der Waals surface area contributed by atoms with Crippen LogP contribution < -0.4 is 0 Å². The minimum absolute atomic E-state index is 0.00629. The Kier molecular flexibility index (Phi) is 5.46. The van der Waals surface area contributed by atoms with E-state index in [2.05, 4.69) is 0 Å². The largest absolute Gasteiger partial charge is 0.416 e. The van der Waals surface area contributed by atoms with Crippen LogP contribution in [0, 0.1) is 0 Å². The van der Waals surface area contributed by atoms with Crippen LogP contribution in [0.1, 0.15) is 33.3 Å². The standard InChI is InChI=1S/C16H13F6NOS/c1-2-23(9-13-4-3-5-25-13)14(24)10-6-11(15(17,18)19)8-12(7-10)16(20,21)22/h3-8H,2,9H2,1H3. The van der Waals surface area contributed by atoms with Crippen LogP contribution in [-0.4, -0.2) is 17.4 Å². The molecule has 2 aromatic rings. The topological polar surface area (TPSA) is 20.3 Å². The van der Waals surface area contributed by atoms with Crippen molar-refractivity contribution in [3.63, 3.8) is 0 Å². The van der Waals surface area contributed by atoms with Gasteiger partial charge in [-0.15, -0.1) is 11.3 Å². The smallest absolute Gasteiger partial charge is 0.334 e. The first-order valence-electron chi connectivity index (χ1n) is 7.13. The maximum absolute atomic E-state index is 12.9. The number of carbonyl (C=O) groups excluding carboxylic acids is 1. The fourth-order valence-corrected chi connectivity index (χ4v) is 2.90. The van der Waals surface area contributed by atoms with Gasteiger partial charge in [0.25, 0.3) is 5.91 Å². The van der Waals surface area contributed by atoms with E-state index in [-0.39, 0.29) is 19.2 Å². The summed E-state index contributed by atoms with van der Waals surface area (Å²) in [5.74, 6) is -0.882. The molecule has 0 bridgehead atoms. The molecule has 136 valence electrons. The summed E-state index contributed by atoms with van der Waals surface area (Å²) in [5.41, 5.74) is -3.64. The second kappa shape index (κ2) is 7.07. The molecular formula is C16H13F6NOS. The zero-order chi connectivity index (χ0) is 18.8. The van der Waals surface area contributed by atoms with E-state index >= 15 is 0 Å². The van der Waals surface area contributed by atoms with Crippen molar-refractivity contribution in [3.05, 3.63) is 57.3 Å². The minimum atomic E-state index is -4.99. The van der Waals surface area contributed by atoms with Crippen LogP contribution >= 0.6 is 11.3 Å². The molecule has 2 nitrogen and oxygen atoms in total. The van der Waals surface area contributed by atoms with Crippen molar-refractivity contribution < 1.29 is 31.1 Å². The van der Waals surface area contributed by atoms with Crippen molar-refractivity contribution in [2.45, 2.75) is 25.8 Å². The van der Waals surface area contributed by atoms with Gasteiger partial charge in [-0.05, 0) is 36.6 Å². The number of rotatable bonds is 4. The quantitative estimate of drug-likeness (QED) is 0.645. The Labute approximate surface area is 143 Å². The van der Waals surface area contributed by atoms with E-state index < -0.39 is 35.0 Å². The van der Waals surface area contributed by atoms with Gasteiger partial charge in [-0.2, -0.15) is 26.3 Å². The third kappa shape index (κ3) is 4.75. The Balaban J connectivity index is 2.43. The molecule has 0 N–H and O–H groups in total. The average molecular weight is 381 g/mol. The molecule has 0 saturated heterocycles. The summed E-state index contributed by atoms with van der Waals surface area (Å²) in [5, 5.41) is 1.76. The van der Waals surface area contributed by atoms with Crippen LogP contribution in [-0.2, 0) is 18.9 Å². The first-order chi connectivity index (χ1) is 11.5. The van der Waals surface area contributed by atoms with Gasteiger partial charge in [0.15, 0.2) is 0 Å². The Morgan fingerprint density at radius 2 is 1.60 bits per heavy atom. The second-order valence-electron chi connectivity index (χ2n) is 5.19. The first kappa shape index (κ1) is 19.3. The van der Waals surface area contributed by atoms with Gasteiger partial charge in [-0.1, -0.05) is 6.07 Å². The lowest BCUT2D eigenvalue weighted by Gasteiger charge is -2.21. The first-order valence-corrected chi connectivity index (χ1v) is 8.01. The number of amides is 1. The Hall–Kier alpha value is -2.03. The number of alkyl halides is 6. The summed E-state index contributed by atoms with van der Waals surface area (Å²) in [6.45, 7) is 1.86. The van der Waals surface area contributed by atoms with Crippen molar-refractivity contribution in [3.8, 4) is 0 Å². The molecule has 0 radical (unpaired) electrons. The number of hydrogen-bond donors (Lipinski definition) is 0. The van der Waals surface area contributed by atoms with Gasteiger partial charge in [-0.3, -0.25) is 4.79 Å². The van der Waals surface area contributed by atoms with Gasteiger partial charge in [0, 0.05) is 17.0 Å².